The van der Waals surface area contributed by atoms with Gasteiger partial charge in [0, 0.05) is 45.7 Å². The fourth-order valence-electron chi connectivity index (χ4n) is 3.87. The molecule has 0 bridgehead atoms. The van der Waals surface area contributed by atoms with E-state index < -0.39 is 0 Å². The van der Waals surface area contributed by atoms with E-state index in [1.165, 1.54) is 12.5 Å². The van der Waals surface area contributed by atoms with Crippen LogP contribution in [0.3, 0.4) is 0 Å². The zero-order valence-electron chi connectivity index (χ0n) is 18.9. The maximum Gasteiger partial charge on any atom is 0.255 e. The minimum Gasteiger partial charge on any atom is -0.493 e. The van der Waals surface area contributed by atoms with Crippen molar-refractivity contribution in [2.24, 2.45) is 0 Å². The zero-order valence-corrected chi connectivity index (χ0v) is 19.6. The fraction of sp³-hybridized carbons (Fsp3) is 0.417. The van der Waals surface area contributed by atoms with E-state index in [0.29, 0.717) is 23.6 Å². The lowest BCUT2D eigenvalue weighted by Crippen LogP contribution is -2.46. The van der Waals surface area contributed by atoms with Crippen LogP contribution < -0.4 is 15.4 Å². The van der Waals surface area contributed by atoms with E-state index in [9.17, 15) is 9.59 Å². The highest BCUT2D eigenvalue weighted by molar-refractivity contribution is 6.34. The van der Waals surface area contributed by atoms with Gasteiger partial charge in [0.1, 0.15) is 5.75 Å². The van der Waals surface area contributed by atoms with Crippen molar-refractivity contribution in [3.05, 3.63) is 58.6 Å². The summed E-state index contributed by atoms with van der Waals surface area (Å²) in [6.07, 6.45) is 0. The van der Waals surface area contributed by atoms with Crippen molar-refractivity contribution in [2.45, 2.75) is 26.4 Å². The van der Waals surface area contributed by atoms with Crippen molar-refractivity contribution in [3.63, 3.8) is 0 Å². The summed E-state index contributed by atoms with van der Waals surface area (Å²) in [7, 11) is 2.07. The maximum absolute atomic E-state index is 13.2. The predicted octanol–water partition coefficient (Wildman–Crippen LogP) is 3.24. The third kappa shape index (κ3) is 6.69. The van der Waals surface area contributed by atoms with E-state index in [4.69, 9.17) is 16.3 Å². The van der Waals surface area contributed by atoms with Gasteiger partial charge in [-0.1, -0.05) is 41.9 Å². The van der Waals surface area contributed by atoms with Crippen molar-refractivity contribution in [3.8, 4) is 5.75 Å². The normalized spacial score (nSPS) is 17.4. The largest absolute Gasteiger partial charge is 0.493 e. The molecule has 0 aliphatic carbocycles. The third-order valence-electron chi connectivity index (χ3n) is 5.32. The Morgan fingerprint density at radius 2 is 1.91 bits per heavy atom. The lowest BCUT2D eigenvalue weighted by Gasteiger charge is -2.25. The van der Waals surface area contributed by atoms with Crippen molar-refractivity contribution in [2.75, 3.05) is 45.2 Å². The minimum absolute atomic E-state index is 0.0537. The molecule has 8 heteroatoms. The van der Waals surface area contributed by atoms with E-state index in [2.05, 4.69) is 39.6 Å². The standard InChI is InChI=1S/C24H31ClN4O3/c1-4-32-23-13-22(26-17(2)30)21(25)12-20(23)24(31)27-19-15-28(3)10-11-29(16-19)14-18-8-6-5-7-9-18/h5-9,12-13,19H,4,10-11,14-16H2,1-3H3,(H,26,30)(H,27,31). The van der Waals surface area contributed by atoms with Gasteiger partial charge >= 0.3 is 0 Å². The molecule has 1 heterocycles. The van der Waals surface area contributed by atoms with Gasteiger partial charge in [0.05, 0.1) is 28.9 Å². The van der Waals surface area contributed by atoms with Crippen LogP contribution in [0.2, 0.25) is 5.02 Å². The molecular formula is C24H31ClN4O3. The topological polar surface area (TPSA) is 73.9 Å². The molecule has 1 aliphatic heterocycles. The molecule has 172 valence electrons. The average molecular weight is 459 g/mol. The third-order valence-corrected chi connectivity index (χ3v) is 5.63. The Balaban J connectivity index is 1.76. The fourth-order valence-corrected chi connectivity index (χ4v) is 4.08. The molecular weight excluding hydrogens is 428 g/mol. The summed E-state index contributed by atoms with van der Waals surface area (Å²) in [5, 5.41) is 6.12. The molecule has 2 aromatic carbocycles. The number of halogens is 1. The Bertz CT molecular complexity index is 938. The second-order valence-electron chi connectivity index (χ2n) is 8.10. The number of likely N-dealkylation sites (N-methyl/N-ethyl adjacent to an activating group) is 1. The summed E-state index contributed by atoms with van der Waals surface area (Å²) < 4.78 is 5.68. The second kappa shape index (κ2) is 11.3. The zero-order chi connectivity index (χ0) is 23.1. The van der Waals surface area contributed by atoms with Gasteiger partial charge in [-0.25, -0.2) is 0 Å². The molecule has 1 fully saturated rings. The van der Waals surface area contributed by atoms with Crippen LogP contribution in [0.1, 0.15) is 29.8 Å². The van der Waals surface area contributed by atoms with E-state index in [1.54, 1.807) is 12.1 Å². The Kier molecular flexibility index (Phi) is 8.50. The van der Waals surface area contributed by atoms with Crippen LogP contribution in [0.15, 0.2) is 42.5 Å². The molecule has 0 spiro atoms. The Hall–Kier alpha value is -2.61. The number of rotatable bonds is 7. The van der Waals surface area contributed by atoms with E-state index in [-0.39, 0.29) is 22.9 Å². The summed E-state index contributed by atoms with van der Waals surface area (Å²) in [6.45, 7) is 7.82. The van der Waals surface area contributed by atoms with Gasteiger partial charge in [0.25, 0.3) is 5.91 Å². The number of hydrogen-bond acceptors (Lipinski definition) is 5. The van der Waals surface area contributed by atoms with Crippen LogP contribution in [0.5, 0.6) is 5.75 Å². The number of nitrogens with one attached hydrogen (secondary N) is 2. The smallest absolute Gasteiger partial charge is 0.255 e. The van der Waals surface area contributed by atoms with Gasteiger partial charge in [-0.15, -0.1) is 0 Å². The summed E-state index contributed by atoms with van der Waals surface area (Å²) in [5.41, 5.74) is 2.02. The highest BCUT2D eigenvalue weighted by Crippen LogP contribution is 2.31. The number of nitrogens with zero attached hydrogens (tertiary/aromatic N) is 2. The average Bonchev–Trinajstić information content (AvgIpc) is 2.91. The number of carbonyl (C=O) groups excluding carboxylic acids is 2. The molecule has 2 N–H and O–H groups in total. The van der Waals surface area contributed by atoms with Crippen LogP contribution in [0.4, 0.5) is 5.69 Å². The summed E-state index contributed by atoms with van der Waals surface area (Å²) in [4.78, 5) is 29.2. The molecule has 1 atom stereocenters. The summed E-state index contributed by atoms with van der Waals surface area (Å²) >= 11 is 6.33. The Labute approximate surface area is 194 Å². The van der Waals surface area contributed by atoms with Crippen LogP contribution in [-0.4, -0.2) is 67.5 Å². The highest BCUT2D eigenvalue weighted by Gasteiger charge is 2.25. The molecule has 3 rings (SSSR count). The van der Waals surface area contributed by atoms with E-state index in [0.717, 1.165) is 32.7 Å². The minimum atomic E-state index is -0.246. The van der Waals surface area contributed by atoms with Crippen molar-refractivity contribution in [1.82, 2.24) is 15.1 Å². The van der Waals surface area contributed by atoms with Crippen molar-refractivity contribution in [1.29, 1.82) is 0 Å². The molecule has 1 aliphatic rings. The number of hydrogen-bond donors (Lipinski definition) is 2. The van der Waals surface area contributed by atoms with Crippen molar-refractivity contribution >= 4 is 29.1 Å². The molecule has 0 aromatic heterocycles. The quantitative estimate of drug-likeness (QED) is 0.666. The number of ether oxygens (including phenoxy) is 1. The van der Waals surface area contributed by atoms with Crippen LogP contribution >= 0.6 is 11.6 Å². The first kappa shape index (κ1) is 24.0. The monoisotopic (exact) mass is 458 g/mol. The molecule has 1 saturated heterocycles. The first-order chi connectivity index (χ1) is 15.4. The number of carbonyl (C=O) groups is 2. The van der Waals surface area contributed by atoms with Crippen LogP contribution in [0, 0.1) is 0 Å². The first-order valence-electron chi connectivity index (χ1n) is 10.8. The molecule has 7 nitrogen and oxygen atoms in total. The highest BCUT2D eigenvalue weighted by atomic mass is 35.5. The Morgan fingerprint density at radius 1 is 1.16 bits per heavy atom. The van der Waals surface area contributed by atoms with Gasteiger partial charge in [-0.3, -0.25) is 14.5 Å². The molecule has 0 saturated carbocycles. The molecule has 1 unspecified atom stereocenters. The number of amides is 2. The van der Waals surface area contributed by atoms with Gasteiger partial charge in [-0.05, 0) is 25.6 Å². The maximum atomic E-state index is 13.2. The summed E-state index contributed by atoms with van der Waals surface area (Å²) in [6, 6.07) is 13.4. The molecule has 2 amide bonds. The van der Waals surface area contributed by atoms with Crippen LogP contribution in [-0.2, 0) is 11.3 Å². The lowest BCUT2D eigenvalue weighted by molar-refractivity contribution is -0.114. The summed E-state index contributed by atoms with van der Waals surface area (Å²) in [5.74, 6) is -0.0995. The second-order valence-corrected chi connectivity index (χ2v) is 8.50. The van der Waals surface area contributed by atoms with Gasteiger partial charge < -0.3 is 20.3 Å². The van der Waals surface area contributed by atoms with Crippen molar-refractivity contribution < 1.29 is 14.3 Å². The molecule has 0 radical (unpaired) electrons. The predicted molar refractivity (Wildman–Crippen MR) is 127 cm³/mol. The van der Waals surface area contributed by atoms with Gasteiger partial charge in [-0.2, -0.15) is 0 Å². The van der Waals surface area contributed by atoms with Gasteiger partial charge in [0.2, 0.25) is 5.91 Å². The lowest BCUT2D eigenvalue weighted by atomic mass is 10.1. The van der Waals surface area contributed by atoms with Gasteiger partial charge in [0.15, 0.2) is 0 Å². The first-order valence-corrected chi connectivity index (χ1v) is 11.2. The number of anilines is 1. The molecule has 2 aromatic rings. The SMILES string of the molecule is CCOc1cc(NC(C)=O)c(Cl)cc1C(=O)NC1CN(C)CCN(Cc2ccccc2)C1. The Morgan fingerprint density at radius 3 is 2.59 bits per heavy atom. The van der Waals surface area contributed by atoms with E-state index in [1.807, 2.05) is 25.1 Å². The van der Waals surface area contributed by atoms with Crippen LogP contribution in [0.25, 0.3) is 0 Å². The van der Waals surface area contributed by atoms with E-state index >= 15 is 0 Å². The number of benzene rings is 2. The molecule has 32 heavy (non-hydrogen) atoms.